The Morgan fingerprint density at radius 3 is 2.52 bits per heavy atom. The molecule has 0 spiro atoms. The van der Waals surface area contributed by atoms with Gasteiger partial charge in [0.25, 0.3) is 0 Å². The number of hydrogen-bond acceptors (Lipinski definition) is 3. The van der Waals surface area contributed by atoms with Crippen molar-refractivity contribution in [2.45, 2.75) is 39.4 Å². The third-order valence-corrected chi connectivity index (χ3v) is 3.82. The maximum absolute atomic E-state index is 6.11. The maximum atomic E-state index is 6.11. The van der Waals surface area contributed by atoms with E-state index in [-0.39, 0.29) is 12.2 Å². The summed E-state index contributed by atoms with van der Waals surface area (Å²) >= 11 is 6.11. The molecule has 1 N–H and O–H groups in total. The molecule has 0 heterocycles. The summed E-state index contributed by atoms with van der Waals surface area (Å²) < 4.78 is 11.7. The van der Waals surface area contributed by atoms with Crippen LogP contribution in [0.3, 0.4) is 0 Å². The van der Waals surface area contributed by atoms with E-state index in [1.54, 1.807) is 0 Å². The summed E-state index contributed by atoms with van der Waals surface area (Å²) in [6, 6.07) is 15.5. The van der Waals surface area contributed by atoms with Gasteiger partial charge in [-0.25, -0.2) is 0 Å². The first-order valence-electron chi connectivity index (χ1n) is 8.00. The van der Waals surface area contributed by atoms with Gasteiger partial charge in [0.15, 0.2) is 0 Å². The van der Waals surface area contributed by atoms with Crippen molar-refractivity contribution < 1.29 is 9.47 Å². The van der Waals surface area contributed by atoms with E-state index in [0.29, 0.717) is 17.3 Å². The molecule has 2 aromatic carbocycles. The molecule has 2 aromatic rings. The Kier molecular flexibility index (Phi) is 6.60. The molecule has 0 aliphatic rings. The highest BCUT2D eigenvalue weighted by Gasteiger charge is 2.07. The first-order chi connectivity index (χ1) is 11.1. The molecule has 0 aliphatic heterocycles. The normalized spacial score (nSPS) is 13.2. The lowest BCUT2D eigenvalue weighted by Gasteiger charge is -2.18. The quantitative estimate of drug-likeness (QED) is 0.702. The SMILES string of the molecule is CC[C@@H](C)Oc1cccc(NC[C@H](C)Oc2ccccc2Cl)c1. The van der Waals surface area contributed by atoms with E-state index >= 15 is 0 Å². The molecular weight excluding hydrogens is 310 g/mol. The van der Waals surface area contributed by atoms with Crippen LogP contribution in [0.25, 0.3) is 0 Å². The highest BCUT2D eigenvalue weighted by Crippen LogP contribution is 2.24. The molecule has 0 unspecified atom stereocenters. The molecule has 3 nitrogen and oxygen atoms in total. The minimum Gasteiger partial charge on any atom is -0.491 e. The van der Waals surface area contributed by atoms with E-state index in [1.807, 2.05) is 55.5 Å². The lowest BCUT2D eigenvalue weighted by molar-refractivity contribution is 0.217. The molecule has 0 aromatic heterocycles. The van der Waals surface area contributed by atoms with E-state index < -0.39 is 0 Å². The lowest BCUT2D eigenvalue weighted by atomic mass is 10.2. The van der Waals surface area contributed by atoms with Crippen LogP contribution in [0, 0.1) is 0 Å². The predicted molar refractivity (Wildman–Crippen MR) is 96.9 cm³/mol. The molecule has 0 amide bonds. The van der Waals surface area contributed by atoms with Gasteiger partial charge in [0.1, 0.15) is 17.6 Å². The minimum absolute atomic E-state index is 0.00552. The number of ether oxygens (including phenoxy) is 2. The Morgan fingerprint density at radius 2 is 1.78 bits per heavy atom. The zero-order valence-corrected chi connectivity index (χ0v) is 14.6. The summed E-state index contributed by atoms with van der Waals surface area (Å²) in [7, 11) is 0. The number of para-hydroxylation sites is 1. The van der Waals surface area contributed by atoms with Crippen LogP contribution in [0.5, 0.6) is 11.5 Å². The summed E-state index contributed by atoms with van der Waals surface area (Å²) in [5, 5.41) is 4.00. The van der Waals surface area contributed by atoms with E-state index in [2.05, 4.69) is 19.2 Å². The summed E-state index contributed by atoms with van der Waals surface area (Å²) in [4.78, 5) is 0. The second-order valence-corrected chi connectivity index (χ2v) is 6.01. The topological polar surface area (TPSA) is 30.5 Å². The van der Waals surface area contributed by atoms with Crippen LogP contribution in [-0.2, 0) is 0 Å². The number of halogens is 1. The van der Waals surface area contributed by atoms with Gasteiger partial charge in [-0.1, -0.05) is 36.7 Å². The van der Waals surface area contributed by atoms with Crippen molar-refractivity contribution in [3.63, 3.8) is 0 Å². The molecule has 0 bridgehead atoms. The monoisotopic (exact) mass is 333 g/mol. The van der Waals surface area contributed by atoms with Gasteiger partial charge in [-0.2, -0.15) is 0 Å². The van der Waals surface area contributed by atoms with Gasteiger partial charge in [-0.3, -0.25) is 0 Å². The van der Waals surface area contributed by atoms with Gasteiger partial charge in [-0.05, 0) is 44.5 Å². The first-order valence-corrected chi connectivity index (χ1v) is 8.38. The minimum atomic E-state index is -0.00552. The second kappa shape index (κ2) is 8.68. The third-order valence-electron chi connectivity index (χ3n) is 3.50. The molecule has 124 valence electrons. The first kappa shape index (κ1) is 17.5. The van der Waals surface area contributed by atoms with E-state index in [9.17, 15) is 0 Å². The fourth-order valence-electron chi connectivity index (χ4n) is 2.06. The fraction of sp³-hybridized carbons (Fsp3) is 0.368. The smallest absolute Gasteiger partial charge is 0.138 e. The number of nitrogens with one attached hydrogen (secondary N) is 1. The fourth-order valence-corrected chi connectivity index (χ4v) is 2.24. The van der Waals surface area contributed by atoms with Crippen LogP contribution in [0.1, 0.15) is 27.2 Å². The number of benzene rings is 2. The van der Waals surface area contributed by atoms with Crippen LogP contribution in [0.15, 0.2) is 48.5 Å². The number of rotatable bonds is 8. The van der Waals surface area contributed by atoms with Crippen molar-refractivity contribution in [3.05, 3.63) is 53.6 Å². The summed E-state index contributed by atoms with van der Waals surface area (Å²) in [5.74, 6) is 1.58. The Labute approximate surface area is 143 Å². The van der Waals surface area contributed by atoms with Crippen molar-refractivity contribution in [2.24, 2.45) is 0 Å². The molecule has 2 atom stereocenters. The molecule has 0 radical (unpaired) electrons. The molecule has 0 fully saturated rings. The largest absolute Gasteiger partial charge is 0.491 e. The van der Waals surface area contributed by atoms with Crippen LogP contribution >= 0.6 is 11.6 Å². The number of anilines is 1. The van der Waals surface area contributed by atoms with Gasteiger partial charge in [0.05, 0.1) is 17.7 Å². The molecule has 0 saturated heterocycles. The molecular formula is C19H24ClNO2. The van der Waals surface area contributed by atoms with Gasteiger partial charge < -0.3 is 14.8 Å². The average molecular weight is 334 g/mol. The Balaban J connectivity index is 1.88. The zero-order chi connectivity index (χ0) is 16.7. The van der Waals surface area contributed by atoms with Crippen LogP contribution in [0.2, 0.25) is 5.02 Å². The predicted octanol–water partition coefficient (Wildman–Crippen LogP) is 5.40. The van der Waals surface area contributed by atoms with E-state index in [0.717, 1.165) is 17.9 Å². The van der Waals surface area contributed by atoms with Gasteiger partial charge >= 0.3 is 0 Å². The van der Waals surface area contributed by atoms with Crippen molar-refractivity contribution in [3.8, 4) is 11.5 Å². The molecule has 23 heavy (non-hydrogen) atoms. The average Bonchev–Trinajstić information content (AvgIpc) is 2.55. The summed E-state index contributed by atoms with van der Waals surface area (Å²) in [6.45, 7) is 6.87. The second-order valence-electron chi connectivity index (χ2n) is 5.60. The van der Waals surface area contributed by atoms with Crippen LogP contribution in [0.4, 0.5) is 5.69 Å². The third kappa shape index (κ3) is 5.68. The van der Waals surface area contributed by atoms with E-state index in [4.69, 9.17) is 21.1 Å². The zero-order valence-electron chi connectivity index (χ0n) is 13.9. The van der Waals surface area contributed by atoms with Crippen molar-refractivity contribution in [2.75, 3.05) is 11.9 Å². The number of hydrogen-bond donors (Lipinski definition) is 1. The summed E-state index contributed by atoms with van der Waals surface area (Å²) in [6.07, 6.45) is 1.20. The van der Waals surface area contributed by atoms with Crippen molar-refractivity contribution in [1.82, 2.24) is 0 Å². The molecule has 2 rings (SSSR count). The van der Waals surface area contributed by atoms with Crippen LogP contribution in [-0.4, -0.2) is 18.8 Å². The Hall–Kier alpha value is -1.87. The Morgan fingerprint density at radius 1 is 1.00 bits per heavy atom. The Bertz CT molecular complexity index is 618. The lowest BCUT2D eigenvalue weighted by Crippen LogP contribution is -2.22. The highest BCUT2D eigenvalue weighted by atomic mass is 35.5. The van der Waals surface area contributed by atoms with Gasteiger partial charge in [-0.15, -0.1) is 0 Å². The van der Waals surface area contributed by atoms with E-state index in [1.165, 1.54) is 0 Å². The molecule has 4 heteroatoms. The molecule has 0 saturated carbocycles. The van der Waals surface area contributed by atoms with Gasteiger partial charge in [0, 0.05) is 11.8 Å². The van der Waals surface area contributed by atoms with Crippen molar-refractivity contribution >= 4 is 17.3 Å². The standard InChI is InChI=1S/C19H24ClNO2/c1-4-14(2)22-17-9-7-8-16(12-17)21-13-15(3)23-19-11-6-5-10-18(19)20/h5-12,14-15,21H,4,13H2,1-3H3/t14-,15+/m1/s1. The summed E-state index contributed by atoms with van der Waals surface area (Å²) in [5.41, 5.74) is 1.01. The van der Waals surface area contributed by atoms with Crippen LogP contribution < -0.4 is 14.8 Å². The highest BCUT2D eigenvalue weighted by molar-refractivity contribution is 6.32. The van der Waals surface area contributed by atoms with Crippen molar-refractivity contribution in [1.29, 1.82) is 0 Å². The molecule has 0 aliphatic carbocycles. The maximum Gasteiger partial charge on any atom is 0.138 e. The van der Waals surface area contributed by atoms with Gasteiger partial charge in [0.2, 0.25) is 0 Å².